The molecule has 1 N–H and O–H groups in total. The Morgan fingerprint density at radius 2 is 2.05 bits per heavy atom. The molecule has 5 nitrogen and oxygen atoms in total. The number of anilines is 1. The van der Waals surface area contributed by atoms with E-state index in [1.807, 2.05) is 17.9 Å². The molecule has 0 radical (unpaired) electrons. The first kappa shape index (κ1) is 16.2. The van der Waals surface area contributed by atoms with E-state index in [0.717, 1.165) is 24.1 Å². The number of hydrogen-bond donors (Lipinski definition) is 1. The maximum absolute atomic E-state index is 12.9. The summed E-state index contributed by atoms with van der Waals surface area (Å²) in [5, 5.41) is 3.16. The van der Waals surface area contributed by atoms with Crippen LogP contribution in [0.2, 0.25) is 0 Å². The smallest absolute Gasteiger partial charge is 0.257 e. The number of hydrogen-bond acceptors (Lipinski definition) is 4. The lowest BCUT2D eigenvalue weighted by Crippen LogP contribution is -2.56. The highest BCUT2D eigenvalue weighted by Crippen LogP contribution is 2.22. The van der Waals surface area contributed by atoms with E-state index in [1.165, 1.54) is 0 Å². The van der Waals surface area contributed by atoms with Gasteiger partial charge >= 0.3 is 0 Å². The molecule has 1 aliphatic heterocycles. The fourth-order valence-corrected chi connectivity index (χ4v) is 2.98. The molecule has 21 heavy (non-hydrogen) atoms. The Hall–Kier alpha value is -1.14. The van der Waals surface area contributed by atoms with E-state index in [2.05, 4.69) is 52.0 Å². The molecule has 0 spiro atoms. The standard InChI is InChI=1S/C15H23BrN4O/c1-5-17-14-13(6-12(16)7-18-14)15(21)20-8-10(2)19(4)11(3)9-20/h6-7,10-11H,5,8-9H2,1-4H3,(H,17,18). The number of carbonyl (C=O) groups excluding carboxylic acids is 1. The van der Waals surface area contributed by atoms with Crippen LogP contribution in [0.25, 0.3) is 0 Å². The number of rotatable bonds is 3. The van der Waals surface area contributed by atoms with Crippen molar-refractivity contribution >= 4 is 27.7 Å². The summed E-state index contributed by atoms with van der Waals surface area (Å²) in [6, 6.07) is 2.57. The van der Waals surface area contributed by atoms with E-state index < -0.39 is 0 Å². The number of amides is 1. The first-order valence-electron chi connectivity index (χ1n) is 7.34. The summed E-state index contributed by atoms with van der Waals surface area (Å²) in [7, 11) is 2.11. The number of aromatic nitrogens is 1. The number of pyridine rings is 1. The molecule has 6 heteroatoms. The van der Waals surface area contributed by atoms with Crippen molar-refractivity contribution in [1.82, 2.24) is 14.8 Å². The molecule has 2 unspecified atom stereocenters. The Labute approximate surface area is 134 Å². The predicted molar refractivity (Wildman–Crippen MR) is 88.7 cm³/mol. The fourth-order valence-electron chi connectivity index (χ4n) is 2.65. The van der Waals surface area contributed by atoms with Crippen molar-refractivity contribution < 1.29 is 4.79 Å². The highest BCUT2D eigenvalue weighted by Gasteiger charge is 2.30. The molecule has 1 aromatic heterocycles. The van der Waals surface area contributed by atoms with Crippen molar-refractivity contribution in [3.05, 3.63) is 22.3 Å². The summed E-state index contributed by atoms with van der Waals surface area (Å²) in [6.07, 6.45) is 1.71. The van der Waals surface area contributed by atoms with Crippen LogP contribution >= 0.6 is 15.9 Å². The minimum Gasteiger partial charge on any atom is -0.370 e. The molecule has 1 aromatic rings. The van der Waals surface area contributed by atoms with Crippen molar-refractivity contribution in [2.75, 3.05) is 32.0 Å². The molecule has 1 fully saturated rings. The molecule has 2 atom stereocenters. The van der Waals surface area contributed by atoms with Crippen molar-refractivity contribution in [1.29, 1.82) is 0 Å². The maximum atomic E-state index is 12.9. The van der Waals surface area contributed by atoms with Crippen LogP contribution in [-0.2, 0) is 0 Å². The molecule has 0 aromatic carbocycles. The van der Waals surface area contributed by atoms with Crippen LogP contribution in [0.5, 0.6) is 0 Å². The molecule has 1 saturated heterocycles. The summed E-state index contributed by atoms with van der Waals surface area (Å²) in [5.41, 5.74) is 0.634. The van der Waals surface area contributed by atoms with Crippen LogP contribution in [0, 0.1) is 0 Å². The van der Waals surface area contributed by atoms with Gasteiger partial charge in [0.1, 0.15) is 5.82 Å². The van der Waals surface area contributed by atoms with Gasteiger partial charge in [-0.3, -0.25) is 9.69 Å². The second kappa shape index (κ2) is 6.75. The van der Waals surface area contributed by atoms with Gasteiger partial charge in [0.2, 0.25) is 0 Å². The number of piperazine rings is 1. The van der Waals surface area contributed by atoms with E-state index in [1.54, 1.807) is 6.20 Å². The highest BCUT2D eigenvalue weighted by molar-refractivity contribution is 9.10. The van der Waals surface area contributed by atoms with Gasteiger partial charge in [0.15, 0.2) is 0 Å². The lowest BCUT2D eigenvalue weighted by atomic mass is 10.1. The van der Waals surface area contributed by atoms with Crippen LogP contribution in [0.1, 0.15) is 31.1 Å². The van der Waals surface area contributed by atoms with Crippen molar-refractivity contribution in [3.63, 3.8) is 0 Å². The highest BCUT2D eigenvalue weighted by atomic mass is 79.9. The number of likely N-dealkylation sites (N-methyl/N-ethyl adjacent to an activating group) is 1. The Morgan fingerprint density at radius 1 is 1.43 bits per heavy atom. The number of nitrogens with one attached hydrogen (secondary N) is 1. The van der Waals surface area contributed by atoms with Gasteiger partial charge in [-0.25, -0.2) is 4.98 Å². The zero-order valence-electron chi connectivity index (χ0n) is 13.1. The molecule has 0 saturated carbocycles. The minimum absolute atomic E-state index is 0.0477. The Bertz CT molecular complexity index is 510. The second-order valence-corrected chi connectivity index (χ2v) is 6.57. The second-order valence-electron chi connectivity index (χ2n) is 5.65. The summed E-state index contributed by atoms with van der Waals surface area (Å²) in [6.45, 7) is 8.54. The lowest BCUT2D eigenvalue weighted by molar-refractivity contribution is 0.0414. The molecular weight excluding hydrogens is 332 g/mol. The van der Waals surface area contributed by atoms with Gasteiger partial charge in [-0.1, -0.05) is 0 Å². The van der Waals surface area contributed by atoms with E-state index in [0.29, 0.717) is 23.5 Å². The van der Waals surface area contributed by atoms with E-state index in [9.17, 15) is 4.79 Å². The monoisotopic (exact) mass is 354 g/mol. The first-order valence-corrected chi connectivity index (χ1v) is 8.14. The predicted octanol–water partition coefficient (Wildman–Crippen LogP) is 2.44. The average molecular weight is 355 g/mol. The Balaban J connectivity index is 2.25. The summed E-state index contributed by atoms with van der Waals surface area (Å²) in [4.78, 5) is 21.4. The number of halogens is 1. The third-order valence-electron chi connectivity index (χ3n) is 4.08. The van der Waals surface area contributed by atoms with Crippen LogP contribution in [0.15, 0.2) is 16.7 Å². The third kappa shape index (κ3) is 3.55. The lowest BCUT2D eigenvalue weighted by Gasteiger charge is -2.42. The largest absolute Gasteiger partial charge is 0.370 e. The summed E-state index contributed by atoms with van der Waals surface area (Å²) < 4.78 is 0.822. The number of nitrogens with zero attached hydrogens (tertiary/aromatic N) is 3. The fraction of sp³-hybridized carbons (Fsp3) is 0.600. The van der Waals surface area contributed by atoms with Gasteiger partial charge in [0.05, 0.1) is 5.56 Å². The third-order valence-corrected chi connectivity index (χ3v) is 4.51. The quantitative estimate of drug-likeness (QED) is 0.905. The molecule has 1 amide bonds. The molecule has 1 aliphatic rings. The van der Waals surface area contributed by atoms with Gasteiger partial charge in [-0.05, 0) is 49.8 Å². The van der Waals surface area contributed by atoms with Gasteiger partial charge in [-0.2, -0.15) is 0 Å². The molecule has 2 heterocycles. The van der Waals surface area contributed by atoms with Crippen molar-refractivity contribution in [3.8, 4) is 0 Å². The maximum Gasteiger partial charge on any atom is 0.257 e. The van der Waals surface area contributed by atoms with Crippen LogP contribution < -0.4 is 5.32 Å². The Kier molecular flexibility index (Phi) is 5.22. The molecule has 0 aliphatic carbocycles. The van der Waals surface area contributed by atoms with Crippen LogP contribution in [0.3, 0.4) is 0 Å². The van der Waals surface area contributed by atoms with Gasteiger partial charge in [0, 0.05) is 42.4 Å². The van der Waals surface area contributed by atoms with Crippen molar-refractivity contribution in [2.45, 2.75) is 32.9 Å². The first-order chi connectivity index (χ1) is 9.93. The van der Waals surface area contributed by atoms with E-state index >= 15 is 0 Å². The van der Waals surface area contributed by atoms with Crippen LogP contribution in [-0.4, -0.2) is 59.5 Å². The Morgan fingerprint density at radius 3 is 2.62 bits per heavy atom. The van der Waals surface area contributed by atoms with Crippen molar-refractivity contribution in [2.24, 2.45) is 0 Å². The SMILES string of the molecule is CCNc1ncc(Br)cc1C(=O)N1CC(C)N(C)C(C)C1. The molecular formula is C15H23BrN4O. The minimum atomic E-state index is 0.0477. The molecule has 0 bridgehead atoms. The van der Waals surface area contributed by atoms with E-state index in [4.69, 9.17) is 0 Å². The van der Waals surface area contributed by atoms with Gasteiger partial charge in [0.25, 0.3) is 5.91 Å². The normalized spacial score (nSPS) is 23.2. The topological polar surface area (TPSA) is 48.5 Å². The molecule has 116 valence electrons. The van der Waals surface area contributed by atoms with Gasteiger partial charge in [-0.15, -0.1) is 0 Å². The number of carbonyl (C=O) groups is 1. The van der Waals surface area contributed by atoms with Gasteiger partial charge < -0.3 is 10.2 Å². The summed E-state index contributed by atoms with van der Waals surface area (Å²) >= 11 is 3.40. The van der Waals surface area contributed by atoms with E-state index in [-0.39, 0.29) is 5.91 Å². The van der Waals surface area contributed by atoms with Crippen LogP contribution in [0.4, 0.5) is 5.82 Å². The summed E-state index contributed by atoms with van der Waals surface area (Å²) in [5.74, 6) is 0.705. The average Bonchev–Trinajstić information content (AvgIpc) is 2.45. The molecule has 2 rings (SSSR count). The zero-order valence-corrected chi connectivity index (χ0v) is 14.6. The zero-order chi connectivity index (χ0) is 15.6.